The number of hydrogen-bond acceptors (Lipinski definition) is 1. The zero-order valence-electron chi connectivity index (χ0n) is 8.69. The Labute approximate surface area is 73.9 Å². The molecule has 72 valence electrons. The van der Waals surface area contributed by atoms with Crippen molar-refractivity contribution in [2.45, 2.75) is 65.8 Å². The molecule has 0 saturated heterocycles. The maximum atomic E-state index is 5.71. The Morgan fingerprint density at radius 2 is 1.73 bits per heavy atom. The molecule has 1 heteroatoms. The first-order valence-corrected chi connectivity index (χ1v) is 5.06. The van der Waals surface area contributed by atoms with Gasteiger partial charge in [0.15, 0.2) is 0 Å². The van der Waals surface area contributed by atoms with Crippen LogP contribution < -0.4 is 5.73 Å². The predicted molar refractivity (Wildman–Crippen MR) is 55.9 cm³/mol. The van der Waals surface area contributed by atoms with Gasteiger partial charge in [-0.1, -0.05) is 47.0 Å². The molecule has 0 aromatic rings. The minimum atomic E-state index is 0. The molecule has 1 nitrogen and oxygen atoms in total. The van der Waals surface area contributed by atoms with E-state index in [1.165, 1.54) is 25.7 Å². The van der Waals surface area contributed by atoms with Gasteiger partial charge in [-0.3, -0.25) is 0 Å². The molecule has 0 aliphatic rings. The average Bonchev–Trinajstić information content (AvgIpc) is 2.08. The van der Waals surface area contributed by atoms with Gasteiger partial charge in [0.1, 0.15) is 0 Å². The molecule has 2 N–H and O–H groups in total. The number of unbranched alkanes of at least 4 members (excludes halogenated alkanes) is 2. The first-order chi connectivity index (χ1) is 5.31. The van der Waals surface area contributed by atoms with Crippen LogP contribution in [0.25, 0.3) is 0 Å². The van der Waals surface area contributed by atoms with Gasteiger partial charge in [-0.15, -0.1) is 0 Å². The summed E-state index contributed by atoms with van der Waals surface area (Å²) >= 11 is 0. The summed E-state index contributed by atoms with van der Waals surface area (Å²) in [5.74, 6) is 0. The SMILES string of the molecule is CC.CCCCC[C@H](N)CC.[HH]. The van der Waals surface area contributed by atoms with E-state index >= 15 is 0 Å². The maximum Gasteiger partial charge on any atom is 0.00362 e. The largest absolute Gasteiger partial charge is 0.328 e. The molecule has 1 atom stereocenters. The van der Waals surface area contributed by atoms with Crippen molar-refractivity contribution in [3.8, 4) is 0 Å². The van der Waals surface area contributed by atoms with Crippen LogP contribution in [-0.4, -0.2) is 6.04 Å². The van der Waals surface area contributed by atoms with Crippen LogP contribution in [0.5, 0.6) is 0 Å². The quantitative estimate of drug-likeness (QED) is 0.613. The van der Waals surface area contributed by atoms with Gasteiger partial charge in [0.05, 0.1) is 0 Å². The van der Waals surface area contributed by atoms with Crippen molar-refractivity contribution in [2.24, 2.45) is 5.73 Å². The van der Waals surface area contributed by atoms with E-state index in [0.29, 0.717) is 6.04 Å². The molecule has 0 bridgehead atoms. The first kappa shape index (κ1) is 13.5. The van der Waals surface area contributed by atoms with E-state index in [4.69, 9.17) is 5.73 Å². The van der Waals surface area contributed by atoms with Crippen molar-refractivity contribution in [3.05, 3.63) is 0 Å². The highest BCUT2D eigenvalue weighted by Gasteiger charge is 1.95. The Hall–Kier alpha value is -0.0400. The highest BCUT2D eigenvalue weighted by molar-refractivity contribution is 4.56. The van der Waals surface area contributed by atoms with Gasteiger partial charge in [0.2, 0.25) is 0 Å². The lowest BCUT2D eigenvalue weighted by Crippen LogP contribution is -2.17. The van der Waals surface area contributed by atoms with E-state index < -0.39 is 0 Å². The highest BCUT2D eigenvalue weighted by Crippen LogP contribution is 2.02. The van der Waals surface area contributed by atoms with Crippen LogP contribution in [-0.2, 0) is 0 Å². The summed E-state index contributed by atoms with van der Waals surface area (Å²) in [4.78, 5) is 0. The van der Waals surface area contributed by atoms with E-state index in [1.54, 1.807) is 0 Å². The van der Waals surface area contributed by atoms with Crippen LogP contribution in [0, 0.1) is 0 Å². The average molecular weight is 161 g/mol. The van der Waals surface area contributed by atoms with E-state index in [9.17, 15) is 0 Å². The fourth-order valence-electron chi connectivity index (χ4n) is 0.861. The third-order valence-corrected chi connectivity index (χ3v) is 1.70. The Bertz CT molecular complexity index is 57.8. The van der Waals surface area contributed by atoms with Gasteiger partial charge in [0, 0.05) is 7.47 Å². The van der Waals surface area contributed by atoms with E-state index in [2.05, 4.69) is 13.8 Å². The summed E-state index contributed by atoms with van der Waals surface area (Å²) in [6.45, 7) is 8.37. The van der Waals surface area contributed by atoms with Gasteiger partial charge in [-0.2, -0.15) is 0 Å². The summed E-state index contributed by atoms with van der Waals surface area (Å²) in [6.07, 6.45) is 6.30. The van der Waals surface area contributed by atoms with Crippen molar-refractivity contribution in [1.29, 1.82) is 0 Å². The number of nitrogens with two attached hydrogens (primary N) is 1. The van der Waals surface area contributed by atoms with E-state index in [0.717, 1.165) is 6.42 Å². The molecular formula is C10H27N. The second-order valence-electron chi connectivity index (χ2n) is 2.66. The molecule has 0 amide bonds. The minimum absolute atomic E-state index is 0. The third kappa shape index (κ3) is 13.0. The summed E-state index contributed by atoms with van der Waals surface area (Å²) < 4.78 is 0. The van der Waals surface area contributed by atoms with Crippen LogP contribution in [0.3, 0.4) is 0 Å². The number of rotatable bonds is 5. The normalized spacial score (nSPS) is 11.7. The summed E-state index contributed by atoms with van der Waals surface area (Å²) in [5, 5.41) is 0. The molecule has 0 spiro atoms. The fourth-order valence-corrected chi connectivity index (χ4v) is 0.861. The topological polar surface area (TPSA) is 26.0 Å². The zero-order valence-corrected chi connectivity index (χ0v) is 8.69. The van der Waals surface area contributed by atoms with Crippen molar-refractivity contribution in [2.75, 3.05) is 0 Å². The molecular weight excluding hydrogens is 134 g/mol. The summed E-state index contributed by atoms with van der Waals surface area (Å²) in [5.41, 5.74) is 5.71. The molecule has 0 aromatic heterocycles. The highest BCUT2D eigenvalue weighted by atomic mass is 14.6. The molecule has 0 unspecified atom stereocenters. The Balaban J connectivity index is -0.000000249. The maximum absolute atomic E-state index is 5.71. The van der Waals surface area contributed by atoms with Crippen molar-refractivity contribution >= 4 is 0 Å². The molecule has 0 aromatic carbocycles. The van der Waals surface area contributed by atoms with Crippen molar-refractivity contribution in [1.82, 2.24) is 0 Å². The lowest BCUT2D eigenvalue weighted by atomic mass is 10.1. The van der Waals surface area contributed by atoms with Gasteiger partial charge in [0.25, 0.3) is 0 Å². The zero-order chi connectivity index (χ0) is 9.11. The molecule has 0 aliphatic carbocycles. The minimum Gasteiger partial charge on any atom is -0.328 e. The summed E-state index contributed by atoms with van der Waals surface area (Å²) in [6, 6.07) is 0.455. The molecule has 0 fully saturated rings. The van der Waals surface area contributed by atoms with Crippen LogP contribution in [0.15, 0.2) is 0 Å². The standard InChI is InChI=1S/C8H19N.C2H6.H2/c1-3-5-6-7-8(9)4-2;1-2;/h8H,3-7,9H2,1-2H3;1-2H3;1H/t8-;;/m1../s1. The van der Waals surface area contributed by atoms with Gasteiger partial charge < -0.3 is 5.73 Å². The molecule has 0 radical (unpaired) electrons. The summed E-state index contributed by atoms with van der Waals surface area (Å²) in [7, 11) is 0. The van der Waals surface area contributed by atoms with E-state index in [1.807, 2.05) is 13.8 Å². The van der Waals surface area contributed by atoms with Crippen LogP contribution in [0.1, 0.15) is 61.2 Å². The van der Waals surface area contributed by atoms with Crippen molar-refractivity contribution in [3.63, 3.8) is 0 Å². The van der Waals surface area contributed by atoms with Crippen molar-refractivity contribution < 1.29 is 1.43 Å². The second kappa shape index (κ2) is 12.6. The molecule has 0 heterocycles. The number of hydrogen-bond donors (Lipinski definition) is 1. The van der Waals surface area contributed by atoms with Gasteiger partial charge in [-0.05, 0) is 12.8 Å². The van der Waals surface area contributed by atoms with Gasteiger partial charge in [-0.25, -0.2) is 0 Å². The third-order valence-electron chi connectivity index (χ3n) is 1.70. The van der Waals surface area contributed by atoms with Gasteiger partial charge >= 0.3 is 0 Å². The van der Waals surface area contributed by atoms with Crippen LogP contribution >= 0.6 is 0 Å². The lowest BCUT2D eigenvalue weighted by Gasteiger charge is -2.05. The Kier molecular flexibility index (Phi) is 15.5. The Morgan fingerprint density at radius 3 is 2.09 bits per heavy atom. The Morgan fingerprint density at radius 1 is 1.18 bits per heavy atom. The van der Waals surface area contributed by atoms with Crippen LogP contribution in [0.4, 0.5) is 0 Å². The second-order valence-corrected chi connectivity index (χ2v) is 2.66. The lowest BCUT2D eigenvalue weighted by molar-refractivity contribution is 0.547. The fraction of sp³-hybridized carbons (Fsp3) is 1.00. The van der Waals surface area contributed by atoms with E-state index in [-0.39, 0.29) is 1.43 Å². The molecule has 0 rings (SSSR count). The molecule has 0 aliphatic heterocycles. The van der Waals surface area contributed by atoms with Crippen LogP contribution in [0.2, 0.25) is 0 Å². The molecule has 0 saturated carbocycles. The molecule has 11 heavy (non-hydrogen) atoms. The first-order valence-electron chi connectivity index (χ1n) is 5.06. The monoisotopic (exact) mass is 161 g/mol. The smallest absolute Gasteiger partial charge is 0.00362 e. The predicted octanol–water partition coefficient (Wildman–Crippen LogP) is 3.58.